The third kappa shape index (κ3) is 5.52. The van der Waals surface area contributed by atoms with Crippen LogP contribution in [-0.2, 0) is 23.1 Å². The lowest BCUT2D eigenvalue weighted by molar-refractivity contribution is -0.286. The molecule has 0 saturated heterocycles. The van der Waals surface area contributed by atoms with Crippen LogP contribution in [0, 0.1) is 0 Å². The largest absolute Gasteiger partial charge is 0.586 e. The van der Waals surface area contributed by atoms with Crippen LogP contribution in [0.3, 0.4) is 0 Å². The molecule has 2 aliphatic rings. The summed E-state index contributed by atoms with van der Waals surface area (Å²) in [6.07, 6.45) is -2.30. The number of nitrogens with one attached hydrogen (secondary N) is 1. The van der Waals surface area contributed by atoms with Gasteiger partial charge in [0.25, 0.3) is 0 Å². The summed E-state index contributed by atoms with van der Waals surface area (Å²) in [6.45, 7) is 15.4. The number of aryl methyl sites for hydroxylation is 1. The Labute approximate surface area is 211 Å². The van der Waals surface area contributed by atoms with Gasteiger partial charge in [-0.1, -0.05) is 32.9 Å². The van der Waals surface area contributed by atoms with E-state index >= 15 is 0 Å². The predicted molar refractivity (Wildman–Crippen MR) is 135 cm³/mol. The second-order valence-corrected chi connectivity index (χ2v) is 11.3. The highest BCUT2D eigenvalue weighted by atomic mass is 19.3. The van der Waals surface area contributed by atoms with E-state index in [1.54, 1.807) is 12.1 Å². The topological polar surface area (TPSA) is 60.0 Å². The number of halogens is 2. The summed E-state index contributed by atoms with van der Waals surface area (Å²) in [5.74, 6) is 0.0908. The molecule has 36 heavy (non-hydrogen) atoms. The number of benzene rings is 2. The van der Waals surface area contributed by atoms with E-state index in [2.05, 4.69) is 52.6 Å². The van der Waals surface area contributed by atoms with Crippen LogP contribution in [0.4, 0.5) is 19.3 Å². The van der Waals surface area contributed by atoms with E-state index in [0.29, 0.717) is 6.54 Å². The number of alkyl halides is 2. The third-order valence-corrected chi connectivity index (χ3v) is 6.75. The van der Waals surface area contributed by atoms with Crippen molar-refractivity contribution in [3.8, 4) is 11.5 Å². The molecule has 1 amide bonds. The van der Waals surface area contributed by atoms with Crippen LogP contribution in [0.5, 0.6) is 11.5 Å². The molecule has 196 valence electrons. The Balaban J connectivity index is 1.65. The zero-order chi connectivity index (χ0) is 26.5. The standard InChI is InChI=1S/C28H36F2N2O4/c1-8-19-14-21-22(15-20(19)17(2)31-25(33)36-26(3,4)5)32(12-11-27(21,6)7)16-18-9-10-23-24(13-18)35-28(29,30)34-23/h9-10,13-15,17H,8,11-12,16H2,1-7H3,(H,31,33). The molecule has 2 heterocycles. The van der Waals surface area contributed by atoms with Gasteiger partial charge in [-0.3, -0.25) is 0 Å². The fourth-order valence-electron chi connectivity index (χ4n) is 4.87. The van der Waals surface area contributed by atoms with Gasteiger partial charge < -0.3 is 24.4 Å². The average molecular weight is 503 g/mol. The highest BCUT2D eigenvalue weighted by Gasteiger charge is 2.43. The summed E-state index contributed by atoms with van der Waals surface area (Å²) in [4.78, 5) is 14.7. The van der Waals surface area contributed by atoms with Crippen LogP contribution in [0.2, 0.25) is 0 Å². The molecule has 6 nitrogen and oxygen atoms in total. The molecule has 4 rings (SSSR count). The molecule has 0 bridgehead atoms. The van der Waals surface area contributed by atoms with Gasteiger partial charge in [-0.05, 0) is 86.4 Å². The Morgan fingerprint density at radius 2 is 1.86 bits per heavy atom. The highest BCUT2D eigenvalue weighted by molar-refractivity contribution is 5.69. The molecule has 2 aromatic rings. The van der Waals surface area contributed by atoms with Crippen molar-refractivity contribution in [2.75, 3.05) is 11.4 Å². The molecule has 0 radical (unpaired) electrons. The molecule has 0 aromatic heterocycles. The van der Waals surface area contributed by atoms with Gasteiger partial charge in [0, 0.05) is 18.8 Å². The van der Waals surface area contributed by atoms with Gasteiger partial charge in [-0.25, -0.2) is 4.79 Å². The molecule has 8 heteroatoms. The van der Waals surface area contributed by atoms with Crippen LogP contribution in [0.25, 0.3) is 0 Å². The smallest absolute Gasteiger partial charge is 0.444 e. The van der Waals surface area contributed by atoms with Gasteiger partial charge in [-0.15, -0.1) is 8.78 Å². The maximum atomic E-state index is 13.5. The van der Waals surface area contributed by atoms with E-state index in [-0.39, 0.29) is 23.0 Å². The number of amides is 1. The van der Waals surface area contributed by atoms with Crippen LogP contribution in [0.1, 0.15) is 83.2 Å². The van der Waals surface area contributed by atoms with E-state index < -0.39 is 18.0 Å². The van der Waals surface area contributed by atoms with E-state index in [1.807, 2.05) is 27.7 Å². The van der Waals surface area contributed by atoms with Crippen molar-refractivity contribution in [1.82, 2.24) is 5.32 Å². The number of carbonyl (C=O) groups is 1. The second kappa shape index (κ2) is 9.12. The summed E-state index contributed by atoms with van der Waals surface area (Å²) in [7, 11) is 0. The van der Waals surface area contributed by atoms with Crippen molar-refractivity contribution in [3.63, 3.8) is 0 Å². The van der Waals surface area contributed by atoms with Crippen LogP contribution < -0.4 is 19.7 Å². The van der Waals surface area contributed by atoms with Gasteiger partial charge in [-0.2, -0.15) is 0 Å². The minimum atomic E-state index is -3.63. The van der Waals surface area contributed by atoms with Crippen molar-refractivity contribution in [1.29, 1.82) is 0 Å². The number of anilines is 1. The summed E-state index contributed by atoms with van der Waals surface area (Å²) >= 11 is 0. The molecular formula is C28H36F2N2O4. The van der Waals surface area contributed by atoms with Crippen molar-refractivity contribution in [3.05, 3.63) is 52.6 Å². The SMILES string of the molecule is CCc1cc2c(cc1C(C)NC(=O)OC(C)(C)C)N(Cc1ccc3c(c1)OC(F)(F)O3)CCC2(C)C. The van der Waals surface area contributed by atoms with Crippen molar-refractivity contribution in [2.45, 2.75) is 91.2 Å². The second-order valence-electron chi connectivity index (χ2n) is 11.3. The van der Waals surface area contributed by atoms with Crippen molar-refractivity contribution >= 4 is 11.8 Å². The Kier molecular flexibility index (Phi) is 6.60. The number of ether oxygens (including phenoxy) is 3. The molecule has 2 aliphatic heterocycles. The summed E-state index contributed by atoms with van der Waals surface area (Å²) in [5.41, 5.74) is 4.79. The van der Waals surface area contributed by atoms with Crippen molar-refractivity contribution < 1.29 is 27.8 Å². The quantitative estimate of drug-likeness (QED) is 0.485. The highest BCUT2D eigenvalue weighted by Crippen LogP contribution is 2.44. The summed E-state index contributed by atoms with van der Waals surface area (Å²) in [5, 5.41) is 2.97. The molecule has 0 saturated carbocycles. The van der Waals surface area contributed by atoms with E-state index in [9.17, 15) is 13.6 Å². The van der Waals surface area contributed by atoms with Gasteiger partial charge in [0.05, 0.1) is 6.04 Å². The first-order valence-electron chi connectivity index (χ1n) is 12.5. The monoisotopic (exact) mass is 502 g/mol. The molecule has 2 aromatic carbocycles. The number of alkyl carbamates (subject to hydrolysis) is 1. The zero-order valence-electron chi connectivity index (χ0n) is 22.1. The summed E-state index contributed by atoms with van der Waals surface area (Å²) < 4.78 is 41.6. The number of hydrogen-bond acceptors (Lipinski definition) is 5. The predicted octanol–water partition coefficient (Wildman–Crippen LogP) is 6.84. The van der Waals surface area contributed by atoms with Crippen LogP contribution in [-0.4, -0.2) is 24.5 Å². The summed E-state index contributed by atoms with van der Waals surface area (Å²) in [6, 6.07) is 9.10. The van der Waals surface area contributed by atoms with Gasteiger partial charge in [0.2, 0.25) is 0 Å². The van der Waals surface area contributed by atoms with Crippen molar-refractivity contribution in [2.24, 2.45) is 0 Å². The van der Waals surface area contributed by atoms with Gasteiger partial charge in [0.1, 0.15) is 5.60 Å². The van der Waals surface area contributed by atoms with E-state index in [1.165, 1.54) is 17.2 Å². The first-order valence-corrected chi connectivity index (χ1v) is 12.5. The maximum absolute atomic E-state index is 13.5. The normalized spacial score (nSPS) is 18.4. The molecular weight excluding hydrogens is 466 g/mol. The fourth-order valence-corrected chi connectivity index (χ4v) is 4.87. The molecule has 0 fully saturated rings. The minimum absolute atomic E-state index is 0.0208. The third-order valence-electron chi connectivity index (χ3n) is 6.75. The fraction of sp³-hybridized carbons (Fsp3) is 0.536. The first kappa shape index (κ1) is 26.0. The van der Waals surface area contributed by atoms with E-state index in [4.69, 9.17) is 4.74 Å². The number of nitrogens with zero attached hydrogens (tertiary/aromatic N) is 1. The lowest BCUT2D eigenvalue weighted by Crippen LogP contribution is -2.38. The Bertz CT molecular complexity index is 1160. The Morgan fingerprint density at radius 1 is 1.17 bits per heavy atom. The number of fused-ring (bicyclic) bond motifs is 2. The van der Waals surface area contributed by atoms with Gasteiger partial charge in [0.15, 0.2) is 11.5 Å². The average Bonchev–Trinajstić information content (AvgIpc) is 3.06. The molecule has 0 aliphatic carbocycles. The van der Waals surface area contributed by atoms with Gasteiger partial charge >= 0.3 is 12.4 Å². The van der Waals surface area contributed by atoms with Crippen LogP contribution in [0.15, 0.2) is 30.3 Å². The van der Waals surface area contributed by atoms with E-state index in [0.717, 1.165) is 36.2 Å². The molecule has 1 atom stereocenters. The number of carbonyl (C=O) groups excluding carboxylic acids is 1. The zero-order valence-corrected chi connectivity index (χ0v) is 22.1. The molecule has 1 N–H and O–H groups in total. The first-order chi connectivity index (χ1) is 16.7. The lowest BCUT2D eigenvalue weighted by atomic mass is 9.75. The Morgan fingerprint density at radius 3 is 2.53 bits per heavy atom. The Hall–Kier alpha value is -3.03. The number of rotatable bonds is 5. The number of hydrogen-bond donors (Lipinski definition) is 1. The van der Waals surface area contributed by atoms with Crippen LogP contribution >= 0.6 is 0 Å². The molecule has 1 unspecified atom stereocenters. The minimum Gasteiger partial charge on any atom is -0.444 e. The molecule has 0 spiro atoms. The lowest BCUT2D eigenvalue weighted by Gasteiger charge is -2.41. The maximum Gasteiger partial charge on any atom is 0.586 e.